The third kappa shape index (κ3) is 8.32. The van der Waals surface area contributed by atoms with Crippen LogP contribution in [0.15, 0.2) is 114 Å². The fourth-order valence-electron chi connectivity index (χ4n) is 5.75. The van der Waals surface area contributed by atoms with Gasteiger partial charge in [-0.3, -0.25) is 13.9 Å². The number of nitrogens with one attached hydrogen (secondary N) is 1. The molecule has 0 spiro atoms. The van der Waals surface area contributed by atoms with E-state index in [9.17, 15) is 18.0 Å². The molecule has 4 aromatic rings. The first-order chi connectivity index (χ1) is 21.7. The zero-order valence-electron chi connectivity index (χ0n) is 25.3. The highest BCUT2D eigenvalue weighted by Crippen LogP contribution is 2.27. The number of aryl methyl sites for hydroxylation is 1. The zero-order valence-corrected chi connectivity index (χ0v) is 26.9. The van der Waals surface area contributed by atoms with Gasteiger partial charge in [-0.15, -0.1) is 0 Å². The van der Waals surface area contributed by atoms with E-state index in [4.69, 9.17) is 11.6 Å². The predicted molar refractivity (Wildman–Crippen MR) is 178 cm³/mol. The maximum absolute atomic E-state index is 14.5. The molecular weight excluding hydrogens is 606 g/mol. The highest BCUT2D eigenvalue weighted by molar-refractivity contribution is 7.92. The van der Waals surface area contributed by atoms with Crippen LogP contribution in [0.25, 0.3) is 0 Å². The smallest absolute Gasteiger partial charge is 0.264 e. The van der Waals surface area contributed by atoms with Crippen LogP contribution in [0.3, 0.4) is 0 Å². The first kappa shape index (κ1) is 32.3. The van der Waals surface area contributed by atoms with Crippen LogP contribution in [0.4, 0.5) is 5.69 Å². The summed E-state index contributed by atoms with van der Waals surface area (Å²) in [6.45, 7) is 1.50. The van der Waals surface area contributed by atoms with E-state index in [1.54, 1.807) is 18.2 Å². The molecule has 0 saturated heterocycles. The molecule has 0 bridgehead atoms. The summed E-state index contributed by atoms with van der Waals surface area (Å²) >= 11 is 6.07. The number of benzene rings is 4. The van der Waals surface area contributed by atoms with Gasteiger partial charge in [0.25, 0.3) is 10.0 Å². The average molecular weight is 644 g/mol. The molecule has 5 rings (SSSR count). The molecule has 1 atom stereocenters. The molecule has 0 aromatic heterocycles. The molecular formula is C36H38ClN3O4S. The Kier molecular flexibility index (Phi) is 10.6. The van der Waals surface area contributed by atoms with Crippen LogP contribution >= 0.6 is 11.6 Å². The second-order valence-electron chi connectivity index (χ2n) is 11.5. The van der Waals surface area contributed by atoms with Gasteiger partial charge in [0.2, 0.25) is 11.8 Å². The minimum atomic E-state index is -4.19. The van der Waals surface area contributed by atoms with Gasteiger partial charge in [-0.25, -0.2) is 8.42 Å². The van der Waals surface area contributed by atoms with Crippen molar-refractivity contribution in [2.75, 3.05) is 10.8 Å². The van der Waals surface area contributed by atoms with Crippen molar-refractivity contribution in [2.45, 2.75) is 62.6 Å². The number of hydrogen-bond donors (Lipinski definition) is 1. The first-order valence-electron chi connectivity index (χ1n) is 15.2. The predicted octanol–water partition coefficient (Wildman–Crippen LogP) is 6.54. The van der Waals surface area contributed by atoms with Gasteiger partial charge >= 0.3 is 0 Å². The Hall–Kier alpha value is -4.14. The maximum Gasteiger partial charge on any atom is 0.264 e. The van der Waals surface area contributed by atoms with E-state index in [2.05, 4.69) is 5.32 Å². The SMILES string of the molecule is Cc1cccc(N(CC(=O)N(Cc2ccccc2)C(Cc2ccccc2)C(=O)NC2CCCC2)S(=O)(=O)c2ccc(Cl)cc2)c1. The van der Waals surface area contributed by atoms with Crippen molar-refractivity contribution in [2.24, 2.45) is 0 Å². The molecule has 9 heteroatoms. The molecule has 1 fully saturated rings. The topological polar surface area (TPSA) is 86.8 Å². The fourth-order valence-corrected chi connectivity index (χ4v) is 7.28. The van der Waals surface area contributed by atoms with Gasteiger partial charge in [-0.2, -0.15) is 0 Å². The number of anilines is 1. The molecule has 45 heavy (non-hydrogen) atoms. The average Bonchev–Trinajstić information content (AvgIpc) is 3.55. The highest BCUT2D eigenvalue weighted by atomic mass is 35.5. The molecule has 234 valence electrons. The van der Waals surface area contributed by atoms with E-state index in [0.29, 0.717) is 10.7 Å². The molecule has 2 amide bonds. The summed E-state index contributed by atoms with van der Waals surface area (Å²) in [6.07, 6.45) is 4.18. The number of carbonyl (C=O) groups excluding carboxylic acids is 2. The molecule has 7 nitrogen and oxygen atoms in total. The summed E-state index contributed by atoms with van der Waals surface area (Å²) in [4.78, 5) is 30.1. The normalized spacial score (nSPS) is 14.1. The molecule has 0 aliphatic heterocycles. The monoisotopic (exact) mass is 643 g/mol. The van der Waals surface area contributed by atoms with Gasteiger partial charge < -0.3 is 10.2 Å². The van der Waals surface area contributed by atoms with Crippen molar-refractivity contribution in [3.8, 4) is 0 Å². The summed E-state index contributed by atoms with van der Waals surface area (Å²) in [6, 6.07) is 31.1. The molecule has 1 aliphatic rings. The van der Waals surface area contributed by atoms with Crippen LogP contribution in [-0.2, 0) is 32.6 Å². The number of amides is 2. The minimum absolute atomic E-state index is 0.00984. The van der Waals surface area contributed by atoms with E-state index in [1.165, 1.54) is 29.2 Å². The quantitative estimate of drug-likeness (QED) is 0.190. The van der Waals surface area contributed by atoms with Crippen molar-refractivity contribution in [3.05, 3.63) is 131 Å². The van der Waals surface area contributed by atoms with Crippen LogP contribution in [0, 0.1) is 6.92 Å². The number of sulfonamides is 1. The minimum Gasteiger partial charge on any atom is -0.352 e. The van der Waals surface area contributed by atoms with E-state index in [-0.39, 0.29) is 29.8 Å². The van der Waals surface area contributed by atoms with Crippen molar-refractivity contribution in [1.82, 2.24) is 10.2 Å². The first-order valence-corrected chi connectivity index (χ1v) is 17.1. The van der Waals surface area contributed by atoms with Gasteiger partial charge in [-0.05, 0) is 72.9 Å². The van der Waals surface area contributed by atoms with Gasteiger partial charge in [-0.1, -0.05) is 97.2 Å². The standard InChI is InChI=1S/C36H38ClN3O4S/c1-27-11-10-18-32(23-27)40(45(43,44)33-21-19-30(37)20-22-33)26-35(41)39(25-29-14-6-3-7-15-29)34(24-28-12-4-2-5-13-28)36(42)38-31-16-8-9-17-31/h2-7,10-15,18-23,31,34H,8-9,16-17,24-26H2,1H3,(H,38,42). The fraction of sp³-hybridized carbons (Fsp3) is 0.278. The molecule has 1 aliphatic carbocycles. The Balaban J connectivity index is 1.55. The third-order valence-corrected chi connectivity index (χ3v) is 10.2. The summed E-state index contributed by atoms with van der Waals surface area (Å²) in [5.74, 6) is -0.724. The summed E-state index contributed by atoms with van der Waals surface area (Å²) in [5, 5.41) is 3.60. The maximum atomic E-state index is 14.5. The Morgan fingerprint density at radius 2 is 1.47 bits per heavy atom. The summed E-state index contributed by atoms with van der Waals surface area (Å²) in [7, 11) is -4.19. The van der Waals surface area contributed by atoms with Crippen molar-refractivity contribution in [3.63, 3.8) is 0 Å². The second-order valence-corrected chi connectivity index (χ2v) is 13.8. The Labute approximate surface area is 270 Å². The lowest BCUT2D eigenvalue weighted by Gasteiger charge is -2.34. The largest absolute Gasteiger partial charge is 0.352 e. The van der Waals surface area contributed by atoms with E-state index >= 15 is 0 Å². The van der Waals surface area contributed by atoms with E-state index < -0.39 is 28.5 Å². The molecule has 1 N–H and O–H groups in total. The number of rotatable bonds is 12. The zero-order chi connectivity index (χ0) is 31.8. The molecule has 0 radical (unpaired) electrons. The van der Waals surface area contributed by atoms with Crippen LogP contribution in [0.5, 0.6) is 0 Å². The Bertz CT molecular complexity index is 1690. The number of halogens is 1. The van der Waals surface area contributed by atoms with Crippen LogP contribution in [0.1, 0.15) is 42.4 Å². The Morgan fingerprint density at radius 1 is 0.844 bits per heavy atom. The molecule has 4 aromatic carbocycles. The third-order valence-electron chi connectivity index (χ3n) is 8.14. The number of nitrogens with zero attached hydrogens (tertiary/aromatic N) is 2. The van der Waals surface area contributed by atoms with Crippen molar-refractivity contribution in [1.29, 1.82) is 0 Å². The lowest BCUT2D eigenvalue weighted by Crippen LogP contribution is -2.54. The van der Waals surface area contributed by atoms with Crippen molar-refractivity contribution >= 4 is 39.1 Å². The van der Waals surface area contributed by atoms with Gasteiger partial charge in [0.1, 0.15) is 12.6 Å². The Morgan fingerprint density at radius 3 is 2.09 bits per heavy atom. The molecule has 1 saturated carbocycles. The van der Waals surface area contributed by atoms with E-state index in [0.717, 1.165) is 46.7 Å². The number of carbonyl (C=O) groups is 2. The molecule has 1 unspecified atom stereocenters. The van der Waals surface area contributed by atoms with Gasteiger partial charge in [0.15, 0.2) is 0 Å². The molecule has 0 heterocycles. The highest BCUT2D eigenvalue weighted by Gasteiger charge is 2.35. The van der Waals surface area contributed by atoms with Crippen LogP contribution in [0.2, 0.25) is 5.02 Å². The second kappa shape index (κ2) is 14.8. The summed E-state index contributed by atoms with van der Waals surface area (Å²) in [5.41, 5.74) is 2.93. The van der Waals surface area contributed by atoms with E-state index in [1.807, 2.05) is 73.7 Å². The summed E-state index contributed by atoms with van der Waals surface area (Å²) < 4.78 is 29.4. The van der Waals surface area contributed by atoms with Crippen LogP contribution < -0.4 is 9.62 Å². The number of hydrogen-bond acceptors (Lipinski definition) is 4. The van der Waals surface area contributed by atoms with Gasteiger partial charge in [0.05, 0.1) is 10.6 Å². The van der Waals surface area contributed by atoms with Crippen LogP contribution in [-0.4, -0.2) is 43.8 Å². The van der Waals surface area contributed by atoms with Crippen molar-refractivity contribution < 1.29 is 18.0 Å². The lowest BCUT2D eigenvalue weighted by molar-refractivity contribution is -0.140. The van der Waals surface area contributed by atoms with Gasteiger partial charge in [0, 0.05) is 24.0 Å². The lowest BCUT2D eigenvalue weighted by atomic mass is 10.0.